The van der Waals surface area contributed by atoms with Gasteiger partial charge in [0.05, 0.1) is 5.92 Å². The van der Waals surface area contributed by atoms with E-state index < -0.39 is 11.9 Å². The van der Waals surface area contributed by atoms with E-state index in [1.54, 1.807) is 0 Å². The molecule has 0 bridgehead atoms. The quantitative estimate of drug-likeness (QED) is 0.598. The number of carboxylic acids is 1. The molecular weight excluding hydrogens is 158 g/mol. The molecule has 2 N–H and O–H groups in total. The monoisotopic (exact) mass is 173 g/mol. The number of hydrogen-bond acceptors (Lipinski definition) is 3. The van der Waals surface area contributed by atoms with E-state index in [0.717, 1.165) is 13.0 Å². The average molecular weight is 173 g/mol. The molecule has 1 heterocycles. The molecule has 0 aliphatic carbocycles. The van der Waals surface area contributed by atoms with E-state index >= 15 is 0 Å². The summed E-state index contributed by atoms with van der Waals surface area (Å²) < 4.78 is 0. The highest BCUT2D eigenvalue weighted by Gasteiger charge is 2.32. The summed E-state index contributed by atoms with van der Waals surface area (Å²) in [5, 5.41) is 17.7. The van der Waals surface area contributed by atoms with Crippen LogP contribution in [0.1, 0.15) is 6.42 Å². The number of aliphatic hydroxyl groups is 1. The number of hydrogen-bond donors (Lipinski definition) is 2. The SMILES string of the molecule is CN1CC[C@@H](CO)[C@H](C(=O)O)C1. The highest BCUT2D eigenvalue weighted by Crippen LogP contribution is 2.22. The number of likely N-dealkylation sites (tertiary alicyclic amines) is 1. The lowest BCUT2D eigenvalue weighted by molar-refractivity contribution is -0.146. The molecule has 12 heavy (non-hydrogen) atoms. The first-order chi connectivity index (χ1) is 5.65. The lowest BCUT2D eigenvalue weighted by atomic mass is 9.86. The summed E-state index contributed by atoms with van der Waals surface area (Å²) >= 11 is 0. The summed E-state index contributed by atoms with van der Waals surface area (Å²) in [5.41, 5.74) is 0. The Bertz CT molecular complexity index is 172. The predicted octanol–water partition coefficient (Wildman–Crippen LogP) is -0.369. The van der Waals surface area contributed by atoms with Gasteiger partial charge in [0.15, 0.2) is 0 Å². The minimum atomic E-state index is -0.791. The van der Waals surface area contributed by atoms with Crippen LogP contribution < -0.4 is 0 Å². The third-order valence-electron chi connectivity index (χ3n) is 2.51. The molecule has 0 aromatic heterocycles. The van der Waals surface area contributed by atoms with Gasteiger partial charge in [0.25, 0.3) is 0 Å². The van der Waals surface area contributed by atoms with Crippen molar-refractivity contribution >= 4 is 5.97 Å². The van der Waals surface area contributed by atoms with Crippen LogP contribution in [-0.4, -0.2) is 47.8 Å². The van der Waals surface area contributed by atoms with Crippen LogP contribution in [-0.2, 0) is 4.79 Å². The first-order valence-corrected chi connectivity index (χ1v) is 4.17. The molecule has 1 saturated heterocycles. The Morgan fingerprint density at radius 1 is 1.67 bits per heavy atom. The summed E-state index contributed by atoms with van der Waals surface area (Å²) in [5.74, 6) is -1.24. The van der Waals surface area contributed by atoms with Gasteiger partial charge in [-0.3, -0.25) is 4.79 Å². The maximum absolute atomic E-state index is 10.7. The van der Waals surface area contributed by atoms with E-state index in [2.05, 4.69) is 0 Å². The van der Waals surface area contributed by atoms with E-state index in [-0.39, 0.29) is 12.5 Å². The Balaban J connectivity index is 2.58. The number of nitrogens with zero attached hydrogens (tertiary/aromatic N) is 1. The molecule has 4 nitrogen and oxygen atoms in total. The first-order valence-electron chi connectivity index (χ1n) is 4.17. The average Bonchev–Trinajstić information content (AvgIpc) is 2.04. The van der Waals surface area contributed by atoms with E-state index in [0.29, 0.717) is 6.54 Å². The number of piperidine rings is 1. The molecule has 0 spiro atoms. The zero-order chi connectivity index (χ0) is 9.14. The predicted molar refractivity (Wildman–Crippen MR) is 43.8 cm³/mol. The molecule has 0 aromatic carbocycles. The van der Waals surface area contributed by atoms with Gasteiger partial charge in [0.1, 0.15) is 0 Å². The van der Waals surface area contributed by atoms with Crippen LogP contribution in [0.15, 0.2) is 0 Å². The number of aliphatic carboxylic acids is 1. The van der Waals surface area contributed by atoms with Crippen LogP contribution in [0.2, 0.25) is 0 Å². The fourth-order valence-electron chi connectivity index (χ4n) is 1.66. The fourth-order valence-corrected chi connectivity index (χ4v) is 1.66. The minimum absolute atomic E-state index is 0.00912. The van der Waals surface area contributed by atoms with Crippen molar-refractivity contribution in [1.29, 1.82) is 0 Å². The third-order valence-corrected chi connectivity index (χ3v) is 2.51. The standard InChI is InChI=1S/C8H15NO3/c1-9-3-2-6(5-10)7(4-9)8(11)12/h6-7,10H,2-5H2,1H3,(H,11,12)/t6-,7+/m0/s1. The Labute approximate surface area is 71.8 Å². The molecule has 1 fully saturated rings. The second kappa shape index (κ2) is 3.87. The Morgan fingerprint density at radius 3 is 2.83 bits per heavy atom. The summed E-state index contributed by atoms with van der Waals surface area (Å²) in [7, 11) is 1.91. The molecule has 0 radical (unpaired) electrons. The first kappa shape index (κ1) is 9.48. The maximum Gasteiger partial charge on any atom is 0.308 e. The van der Waals surface area contributed by atoms with Gasteiger partial charge >= 0.3 is 5.97 Å². The molecule has 0 unspecified atom stereocenters. The normalized spacial score (nSPS) is 31.8. The van der Waals surface area contributed by atoms with Gasteiger partial charge in [-0.1, -0.05) is 0 Å². The van der Waals surface area contributed by atoms with Gasteiger partial charge < -0.3 is 15.1 Å². The molecule has 0 saturated carbocycles. The highest BCUT2D eigenvalue weighted by molar-refractivity contribution is 5.70. The van der Waals surface area contributed by atoms with Gasteiger partial charge in [0, 0.05) is 13.2 Å². The van der Waals surface area contributed by atoms with Crippen LogP contribution in [0.5, 0.6) is 0 Å². The van der Waals surface area contributed by atoms with Crippen molar-refractivity contribution in [3.63, 3.8) is 0 Å². The molecule has 4 heteroatoms. The third kappa shape index (κ3) is 1.95. The van der Waals surface area contributed by atoms with Gasteiger partial charge in [-0.2, -0.15) is 0 Å². The lowest BCUT2D eigenvalue weighted by Crippen LogP contribution is -2.43. The van der Waals surface area contributed by atoms with Crippen LogP contribution in [0, 0.1) is 11.8 Å². The molecular formula is C8H15NO3. The molecule has 0 aromatic rings. The Hall–Kier alpha value is -0.610. The number of rotatable bonds is 2. The van der Waals surface area contributed by atoms with Crippen LogP contribution >= 0.6 is 0 Å². The minimum Gasteiger partial charge on any atom is -0.481 e. The van der Waals surface area contributed by atoms with Gasteiger partial charge in [-0.15, -0.1) is 0 Å². The topological polar surface area (TPSA) is 60.8 Å². The highest BCUT2D eigenvalue weighted by atomic mass is 16.4. The lowest BCUT2D eigenvalue weighted by Gasteiger charge is -2.33. The summed E-state index contributed by atoms with van der Waals surface area (Å²) in [6, 6.07) is 0. The molecule has 1 aliphatic heterocycles. The second-order valence-corrected chi connectivity index (χ2v) is 3.44. The largest absolute Gasteiger partial charge is 0.481 e. The van der Waals surface area contributed by atoms with Crippen molar-refractivity contribution in [2.75, 3.05) is 26.7 Å². The number of carbonyl (C=O) groups is 1. The Kier molecular flexibility index (Phi) is 3.05. The van der Waals surface area contributed by atoms with Crippen molar-refractivity contribution in [3.8, 4) is 0 Å². The zero-order valence-electron chi connectivity index (χ0n) is 7.23. The van der Waals surface area contributed by atoms with Gasteiger partial charge in [-0.05, 0) is 25.9 Å². The summed E-state index contributed by atoms with van der Waals surface area (Å²) in [6.45, 7) is 1.43. The molecule has 70 valence electrons. The van der Waals surface area contributed by atoms with Crippen LogP contribution in [0.4, 0.5) is 0 Å². The van der Waals surface area contributed by atoms with Crippen LogP contribution in [0.3, 0.4) is 0 Å². The fraction of sp³-hybridized carbons (Fsp3) is 0.875. The van der Waals surface area contributed by atoms with Crippen molar-refractivity contribution in [3.05, 3.63) is 0 Å². The van der Waals surface area contributed by atoms with Crippen molar-refractivity contribution in [2.24, 2.45) is 11.8 Å². The second-order valence-electron chi connectivity index (χ2n) is 3.44. The van der Waals surface area contributed by atoms with E-state index in [4.69, 9.17) is 10.2 Å². The smallest absolute Gasteiger partial charge is 0.308 e. The van der Waals surface area contributed by atoms with Crippen molar-refractivity contribution in [1.82, 2.24) is 4.90 Å². The van der Waals surface area contributed by atoms with Crippen molar-refractivity contribution < 1.29 is 15.0 Å². The number of carboxylic acid groups (broad SMARTS) is 1. The number of aliphatic hydroxyl groups excluding tert-OH is 1. The zero-order valence-corrected chi connectivity index (χ0v) is 7.23. The van der Waals surface area contributed by atoms with Gasteiger partial charge in [-0.25, -0.2) is 0 Å². The van der Waals surface area contributed by atoms with Crippen molar-refractivity contribution in [2.45, 2.75) is 6.42 Å². The van der Waals surface area contributed by atoms with E-state index in [1.807, 2.05) is 11.9 Å². The van der Waals surface area contributed by atoms with Gasteiger partial charge in [0.2, 0.25) is 0 Å². The summed E-state index contributed by atoms with van der Waals surface area (Å²) in [4.78, 5) is 12.7. The van der Waals surface area contributed by atoms with E-state index in [1.165, 1.54) is 0 Å². The summed E-state index contributed by atoms with van der Waals surface area (Å²) in [6.07, 6.45) is 0.782. The van der Waals surface area contributed by atoms with E-state index in [9.17, 15) is 4.79 Å². The Morgan fingerprint density at radius 2 is 2.33 bits per heavy atom. The molecule has 0 amide bonds. The molecule has 1 rings (SSSR count). The molecule has 2 atom stereocenters. The molecule has 1 aliphatic rings. The van der Waals surface area contributed by atoms with Crippen LogP contribution in [0.25, 0.3) is 0 Å². The maximum atomic E-state index is 10.7.